The largest absolute Gasteiger partial charge is 0.459 e. The molecule has 0 heterocycles. The Morgan fingerprint density at radius 3 is 2.56 bits per heavy atom. The van der Waals surface area contributed by atoms with E-state index in [0.29, 0.717) is 12.0 Å². The van der Waals surface area contributed by atoms with Crippen LogP contribution in [0.3, 0.4) is 0 Å². The van der Waals surface area contributed by atoms with E-state index < -0.39 is 6.10 Å². The first-order chi connectivity index (χ1) is 8.63. The Hall–Kier alpha value is -1.35. The fourth-order valence-electron chi connectivity index (χ4n) is 1.83. The third kappa shape index (κ3) is 5.32. The van der Waals surface area contributed by atoms with E-state index in [1.54, 1.807) is 19.1 Å². The lowest BCUT2D eigenvalue weighted by atomic mass is 10.1. The zero-order chi connectivity index (χ0) is 13.4. The second-order valence-corrected chi connectivity index (χ2v) is 4.62. The molecule has 0 saturated carbocycles. The SMILES string of the molecule is CCCCC(CC(C)O)OC(=O)c1ccccc1. The van der Waals surface area contributed by atoms with E-state index in [0.717, 1.165) is 19.3 Å². The number of carbonyl (C=O) groups excluding carboxylic acids is 1. The molecular formula is C15H22O3. The normalized spacial score (nSPS) is 13.9. The maximum absolute atomic E-state index is 11.9. The highest BCUT2D eigenvalue weighted by Crippen LogP contribution is 2.14. The summed E-state index contributed by atoms with van der Waals surface area (Å²) in [5, 5.41) is 9.41. The molecule has 18 heavy (non-hydrogen) atoms. The van der Waals surface area contributed by atoms with Crippen molar-refractivity contribution in [3.63, 3.8) is 0 Å². The Morgan fingerprint density at radius 1 is 1.33 bits per heavy atom. The van der Waals surface area contributed by atoms with Gasteiger partial charge in [-0.25, -0.2) is 4.79 Å². The van der Waals surface area contributed by atoms with Crippen molar-refractivity contribution >= 4 is 5.97 Å². The molecule has 2 atom stereocenters. The molecule has 100 valence electrons. The highest BCUT2D eigenvalue weighted by atomic mass is 16.5. The third-order valence-electron chi connectivity index (χ3n) is 2.77. The van der Waals surface area contributed by atoms with E-state index in [9.17, 15) is 9.90 Å². The summed E-state index contributed by atoms with van der Waals surface area (Å²) in [5.74, 6) is -0.308. The summed E-state index contributed by atoms with van der Waals surface area (Å²) in [6.45, 7) is 3.81. The molecular weight excluding hydrogens is 228 g/mol. The molecule has 1 aromatic carbocycles. The smallest absolute Gasteiger partial charge is 0.338 e. The fraction of sp³-hybridized carbons (Fsp3) is 0.533. The zero-order valence-electron chi connectivity index (χ0n) is 11.1. The molecule has 1 N–H and O–H groups in total. The number of aliphatic hydroxyl groups is 1. The summed E-state index contributed by atoms with van der Waals surface area (Å²) in [6, 6.07) is 8.96. The van der Waals surface area contributed by atoms with Crippen LogP contribution in [0.25, 0.3) is 0 Å². The Balaban J connectivity index is 2.56. The van der Waals surface area contributed by atoms with Crippen LogP contribution in [0.1, 0.15) is 49.9 Å². The van der Waals surface area contributed by atoms with E-state index in [-0.39, 0.29) is 12.1 Å². The van der Waals surface area contributed by atoms with Crippen molar-refractivity contribution in [1.82, 2.24) is 0 Å². The number of ether oxygens (including phenoxy) is 1. The molecule has 1 aromatic rings. The molecule has 3 heteroatoms. The maximum Gasteiger partial charge on any atom is 0.338 e. The maximum atomic E-state index is 11.9. The van der Waals surface area contributed by atoms with Crippen molar-refractivity contribution in [1.29, 1.82) is 0 Å². The van der Waals surface area contributed by atoms with Crippen LogP contribution in [-0.4, -0.2) is 23.3 Å². The number of esters is 1. The molecule has 0 aliphatic heterocycles. The molecule has 3 nitrogen and oxygen atoms in total. The highest BCUT2D eigenvalue weighted by Gasteiger charge is 2.17. The minimum Gasteiger partial charge on any atom is -0.459 e. The van der Waals surface area contributed by atoms with E-state index in [4.69, 9.17) is 4.74 Å². The molecule has 0 aromatic heterocycles. The van der Waals surface area contributed by atoms with Crippen LogP contribution in [0, 0.1) is 0 Å². The zero-order valence-corrected chi connectivity index (χ0v) is 11.1. The van der Waals surface area contributed by atoms with Crippen LogP contribution in [0.15, 0.2) is 30.3 Å². The molecule has 0 amide bonds. The first-order valence-corrected chi connectivity index (χ1v) is 6.57. The van der Waals surface area contributed by atoms with Gasteiger partial charge in [0.1, 0.15) is 6.10 Å². The molecule has 0 aliphatic rings. The topological polar surface area (TPSA) is 46.5 Å². The number of rotatable bonds is 7. The van der Waals surface area contributed by atoms with Crippen molar-refractivity contribution in [2.24, 2.45) is 0 Å². The van der Waals surface area contributed by atoms with Crippen molar-refractivity contribution in [2.45, 2.75) is 51.7 Å². The van der Waals surface area contributed by atoms with Gasteiger partial charge >= 0.3 is 5.97 Å². The number of carbonyl (C=O) groups is 1. The molecule has 0 radical (unpaired) electrons. The van der Waals surface area contributed by atoms with Crippen molar-refractivity contribution in [3.05, 3.63) is 35.9 Å². The Labute approximate surface area is 109 Å². The van der Waals surface area contributed by atoms with Crippen molar-refractivity contribution in [2.75, 3.05) is 0 Å². The van der Waals surface area contributed by atoms with Crippen LogP contribution < -0.4 is 0 Å². The summed E-state index contributed by atoms with van der Waals surface area (Å²) < 4.78 is 5.45. The van der Waals surface area contributed by atoms with Crippen molar-refractivity contribution < 1.29 is 14.6 Å². The predicted octanol–water partition coefficient (Wildman–Crippen LogP) is 3.17. The van der Waals surface area contributed by atoms with E-state index in [1.165, 1.54) is 0 Å². The lowest BCUT2D eigenvalue weighted by Crippen LogP contribution is -2.22. The van der Waals surface area contributed by atoms with Gasteiger partial charge in [-0.3, -0.25) is 0 Å². The second-order valence-electron chi connectivity index (χ2n) is 4.62. The van der Waals surface area contributed by atoms with Crippen LogP contribution in [-0.2, 0) is 4.74 Å². The highest BCUT2D eigenvalue weighted by molar-refractivity contribution is 5.89. The number of hydrogen-bond donors (Lipinski definition) is 1. The Kier molecular flexibility index (Phi) is 6.44. The summed E-state index contributed by atoms with van der Waals surface area (Å²) >= 11 is 0. The fourth-order valence-corrected chi connectivity index (χ4v) is 1.83. The molecule has 0 spiro atoms. The summed E-state index contributed by atoms with van der Waals surface area (Å²) in [6.07, 6.45) is 2.71. The number of unbranched alkanes of at least 4 members (excludes halogenated alkanes) is 1. The van der Waals surface area contributed by atoms with Gasteiger partial charge in [-0.15, -0.1) is 0 Å². The monoisotopic (exact) mass is 250 g/mol. The number of benzene rings is 1. The first-order valence-electron chi connectivity index (χ1n) is 6.57. The van der Waals surface area contributed by atoms with Gasteiger partial charge in [0, 0.05) is 6.42 Å². The molecule has 0 fully saturated rings. The average Bonchev–Trinajstić information content (AvgIpc) is 2.36. The van der Waals surface area contributed by atoms with Crippen LogP contribution in [0.5, 0.6) is 0 Å². The minimum atomic E-state index is -0.449. The molecule has 0 saturated heterocycles. The van der Waals surface area contributed by atoms with Crippen LogP contribution >= 0.6 is 0 Å². The van der Waals surface area contributed by atoms with Gasteiger partial charge in [-0.05, 0) is 25.5 Å². The van der Waals surface area contributed by atoms with Gasteiger partial charge in [0.05, 0.1) is 11.7 Å². The summed E-state index contributed by atoms with van der Waals surface area (Å²) in [4.78, 5) is 11.9. The van der Waals surface area contributed by atoms with Gasteiger partial charge in [-0.1, -0.05) is 38.0 Å². The minimum absolute atomic E-state index is 0.197. The molecule has 0 aliphatic carbocycles. The number of aliphatic hydroxyl groups excluding tert-OH is 1. The summed E-state index contributed by atoms with van der Waals surface area (Å²) in [5.41, 5.74) is 0.560. The third-order valence-corrected chi connectivity index (χ3v) is 2.77. The first kappa shape index (κ1) is 14.7. The molecule has 1 rings (SSSR count). The molecule has 0 bridgehead atoms. The quantitative estimate of drug-likeness (QED) is 0.756. The van der Waals surface area contributed by atoms with E-state index in [2.05, 4.69) is 6.92 Å². The lowest BCUT2D eigenvalue weighted by Gasteiger charge is -2.19. The Morgan fingerprint density at radius 2 is 2.00 bits per heavy atom. The standard InChI is InChI=1S/C15H22O3/c1-3-4-10-14(11-12(2)16)18-15(17)13-8-6-5-7-9-13/h5-9,12,14,16H,3-4,10-11H2,1-2H3. The van der Waals surface area contributed by atoms with Gasteiger partial charge in [-0.2, -0.15) is 0 Å². The average molecular weight is 250 g/mol. The predicted molar refractivity (Wildman–Crippen MR) is 71.5 cm³/mol. The summed E-state index contributed by atoms with van der Waals surface area (Å²) in [7, 11) is 0. The van der Waals surface area contributed by atoms with E-state index in [1.807, 2.05) is 18.2 Å². The number of hydrogen-bond acceptors (Lipinski definition) is 3. The van der Waals surface area contributed by atoms with Gasteiger partial charge < -0.3 is 9.84 Å². The Bertz CT molecular complexity index is 346. The van der Waals surface area contributed by atoms with Crippen LogP contribution in [0.2, 0.25) is 0 Å². The van der Waals surface area contributed by atoms with Crippen molar-refractivity contribution in [3.8, 4) is 0 Å². The second kappa shape index (κ2) is 7.88. The van der Waals surface area contributed by atoms with E-state index >= 15 is 0 Å². The lowest BCUT2D eigenvalue weighted by molar-refractivity contribution is 0.0139. The van der Waals surface area contributed by atoms with Gasteiger partial charge in [0.25, 0.3) is 0 Å². The van der Waals surface area contributed by atoms with Gasteiger partial charge in [0.15, 0.2) is 0 Å². The molecule has 2 unspecified atom stereocenters. The van der Waals surface area contributed by atoms with Crippen LogP contribution in [0.4, 0.5) is 0 Å². The van der Waals surface area contributed by atoms with Gasteiger partial charge in [0.2, 0.25) is 0 Å².